The first kappa shape index (κ1) is 14.6. The van der Waals surface area contributed by atoms with Crippen LogP contribution in [0.25, 0.3) is 0 Å². The van der Waals surface area contributed by atoms with Gasteiger partial charge in [0, 0.05) is 33.8 Å². The van der Waals surface area contributed by atoms with Crippen molar-refractivity contribution in [1.29, 1.82) is 0 Å². The second-order valence-corrected chi connectivity index (χ2v) is 5.76. The third-order valence-electron chi connectivity index (χ3n) is 1.91. The number of aliphatic hydroxyl groups is 1. The molecule has 0 amide bonds. The predicted octanol–water partition coefficient (Wildman–Crippen LogP) is 0.0533. The molecular weight excluding hydrogens is 216 g/mol. The summed E-state index contributed by atoms with van der Waals surface area (Å²) in [6.45, 7) is 6.06. The molecular formula is C9H20N2O3S. The number of likely N-dealkylation sites (N-methyl/N-ethyl adjacent to an activating group) is 1. The van der Waals surface area contributed by atoms with Crippen LogP contribution in [0.15, 0.2) is 12.2 Å². The van der Waals surface area contributed by atoms with Crippen molar-refractivity contribution in [3.63, 3.8) is 0 Å². The second kappa shape index (κ2) is 6.22. The number of nitrogens with zero attached hydrogens (tertiary/aromatic N) is 2. The zero-order valence-electron chi connectivity index (χ0n) is 9.60. The summed E-state index contributed by atoms with van der Waals surface area (Å²) in [6, 6.07) is 0. The van der Waals surface area contributed by atoms with Crippen molar-refractivity contribution in [3.05, 3.63) is 12.2 Å². The Balaban J connectivity index is 4.45. The highest BCUT2D eigenvalue weighted by Gasteiger charge is 2.22. The third kappa shape index (κ3) is 4.74. The Labute approximate surface area is 92.2 Å². The molecule has 0 spiro atoms. The quantitative estimate of drug-likeness (QED) is 0.636. The van der Waals surface area contributed by atoms with E-state index in [1.807, 2.05) is 0 Å². The molecule has 0 fully saturated rings. The van der Waals surface area contributed by atoms with Gasteiger partial charge in [0.05, 0.1) is 0 Å². The minimum atomic E-state index is -3.41. The molecule has 0 atom stereocenters. The van der Waals surface area contributed by atoms with E-state index in [4.69, 9.17) is 5.11 Å². The summed E-state index contributed by atoms with van der Waals surface area (Å²) in [5, 5.41) is 8.62. The maximum atomic E-state index is 11.8. The monoisotopic (exact) mass is 236 g/mol. The highest BCUT2D eigenvalue weighted by molar-refractivity contribution is 7.86. The normalized spacial score (nSPS) is 12.4. The summed E-state index contributed by atoms with van der Waals surface area (Å²) in [7, 11) is -0.398. The van der Waals surface area contributed by atoms with Crippen molar-refractivity contribution in [1.82, 2.24) is 8.61 Å². The van der Waals surface area contributed by atoms with Crippen LogP contribution in [0.4, 0.5) is 0 Å². The standard InChI is InChI=1S/C9H20N2O3S/c1-9(2)8-11(4)15(13,14)10(3)6-5-7-12/h12H,1,5-8H2,2-4H3. The van der Waals surface area contributed by atoms with Crippen LogP contribution in [0, 0.1) is 0 Å². The van der Waals surface area contributed by atoms with Gasteiger partial charge in [0.25, 0.3) is 10.2 Å². The van der Waals surface area contributed by atoms with Crippen molar-refractivity contribution in [2.75, 3.05) is 33.8 Å². The fraction of sp³-hybridized carbons (Fsp3) is 0.778. The first-order valence-corrected chi connectivity index (χ1v) is 6.15. The van der Waals surface area contributed by atoms with Gasteiger partial charge in [-0.1, -0.05) is 12.2 Å². The molecule has 0 aliphatic heterocycles. The first-order valence-electron chi connectivity index (χ1n) is 4.75. The Morgan fingerprint density at radius 1 is 1.33 bits per heavy atom. The van der Waals surface area contributed by atoms with Gasteiger partial charge in [-0.2, -0.15) is 17.0 Å². The molecule has 15 heavy (non-hydrogen) atoms. The largest absolute Gasteiger partial charge is 0.396 e. The maximum absolute atomic E-state index is 11.8. The van der Waals surface area contributed by atoms with Crippen molar-refractivity contribution in [3.8, 4) is 0 Å². The summed E-state index contributed by atoms with van der Waals surface area (Å²) >= 11 is 0. The van der Waals surface area contributed by atoms with E-state index in [2.05, 4.69) is 6.58 Å². The molecule has 0 saturated carbocycles. The van der Waals surface area contributed by atoms with E-state index in [0.717, 1.165) is 5.57 Å². The van der Waals surface area contributed by atoms with Gasteiger partial charge in [0.1, 0.15) is 0 Å². The van der Waals surface area contributed by atoms with Gasteiger partial charge < -0.3 is 5.11 Å². The van der Waals surface area contributed by atoms with E-state index in [1.54, 1.807) is 6.92 Å². The lowest BCUT2D eigenvalue weighted by molar-refractivity contribution is 0.273. The molecule has 0 heterocycles. The molecule has 0 bridgehead atoms. The molecule has 0 aliphatic carbocycles. The van der Waals surface area contributed by atoms with Crippen LogP contribution in [0.5, 0.6) is 0 Å². The Kier molecular flexibility index (Phi) is 6.04. The highest BCUT2D eigenvalue weighted by atomic mass is 32.2. The predicted molar refractivity (Wildman–Crippen MR) is 60.7 cm³/mol. The molecule has 0 rings (SSSR count). The summed E-state index contributed by atoms with van der Waals surface area (Å²) in [5.41, 5.74) is 0.789. The molecule has 6 heteroatoms. The van der Waals surface area contributed by atoms with Gasteiger partial charge in [-0.15, -0.1) is 0 Å². The van der Waals surface area contributed by atoms with Crippen LogP contribution in [-0.4, -0.2) is 55.9 Å². The highest BCUT2D eigenvalue weighted by Crippen LogP contribution is 2.06. The SMILES string of the molecule is C=C(C)CN(C)S(=O)(=O)N(C)CCCO. The van der Waals surface area contributed by atoms with Gasteiger partial charge in [-0.3, -0.25) is 0 Å². The lowest BCUT2D eigenvalue weighted by atomic mass is 10.4. The van der Waals surface area contributed by atoms with E-state index in [0.29, 0.717) is 19.5 Å². The number of hydrogen-bond acceptors (Lipinski definition) is 3. The molecule has 0 radical (unpaired) electrons. The third-order valence-corrected chi connectivity index (χ3v) is 3.80. The summed E-state index contributed by atoms with van der Waals surface area (Å²) < 4.78 is 26.1. The topological polar surface area (TPSA) is 60.9 Å². The molecule has 0 aromatic heterocycles. The average Bonchev–Trinajstić information content (AvgIpc) is 2.12. The smallest absolute Gasteiger partial charge is 0.281 e. The molecule has 0 aromatic carbocycles. The van der Waals surface area contributed by atoms with E-state index in [-0.39, 0.29) is 6.61 Å². The van der Waals surface area contributed by atoms with Gasteiger partial charge >= 0.3 is 0 Å². The zero-order valence-corrected chi connectivity index (χ0v) is 10.4. The molecule has 0 unspecified atom stereocenters. The molecule has 1 N–H and O–H groups in total. The van der Waals surface area contributed by atoms with Crippen molar-refractivity contribution >= 4 is 10.2 Å². The van der Waals surface area contributed by atoms with Crippen LogP contribution in [0.3, 0.4) is 0 Å². The van der Waals surface area contributed by atoms with E-state index in [9.17, 15) is 8.42 Å². The molecule has 5 nitrogen and oxygen atoms in total. The van der Waals surface area contributed by atoms with Crippen LogP contribution < -0.4 is 0 Å². The summed E-state index contributed by atoms with van der Waals surface area (Å²) in [5.74, 6) is 0. The second-order valence-electron chi connectivity index (χ2n) is 3.62. The maximum Gasteiger partial charge on any atom is 0.281 e. The van der Waals surface area contributed by atoms with Gasteiger partial charge in [0.2, 0.25) is 0 Å². The van der Waals surface area contributed by atoms with E-state index in [1.165, 1.54) is 22.7 Å². The lowest BCUT2D eigenvalue weighted by Gasteiger charge is -2.24. The first-order chi connectivity index (χ1) is 6.82. The van der Waals surface area contributed by atoms with Gasteiger partial charge in [-0.25, -0.2) is 0 Å². The lowest BCUT2D eigenvalue weighted by Crippen LogP contribution is -2.40. The minimum Gasteiger partial charge on any atom is -0.396 e. The Morgan fingerprint density at radius 3 is 2.27 bits per heavy atom. The minimum absolute atomic E-state index is 0.00986. The molecule has 0 aromatic rings. The van der Waals surface area contributed by atoms with Crippen molar-refractivity contribution in [2.45, 2.75) is 13.3 Å². The summed E-state index contributed by atoms with van der Waals surface area (Å²) in [4.78, 5) is 0. The Morgan fingerprint density at radius 2 is 1.87 bits per heavy atom. The zero-order chi connectivity index (χ0) is 12.1. The molecule has 90 valence electrons. The summed E-state index contributed by atoms with van der Waals surface area (Å²) in [6.07, 6.45) is 0.441. The van der Waals surface area contributed by atoms with Crippen LogP contribution >= 0.6 is 0 Å². The van der Waals surface area contributed by atoms with Crippen molar-refractivity contribution < 1.29 is 13.5 Å². The number of aliphatic hydroxyl groups excluding tert-OH is 1. The van der Waals surface area contributed by atoms with Crippen LogP contribution in [0.2, 0.25) is 0 Å². The Bertz CT molecular complexity index is 300. The van der Waals surface area contributed by atoms with E-state index < -0.39 is 10.2 Å². The fourth-order valence-electron chi connectivity index (χ4n) is 1.11. The Hall–Kier alpha value is -0.430. The number of hydrogen-bond donors (Lipinski definition) is 1. The van der Waals surface area contributed by atoms with E-state index >= 15 is 0 Å². The van der Waals surface area contributed by atoms with Gasteiger partial charge in [-0.05, 0) is 13.3 Å². The number of rotatable bonds is 7. The average molecular weight is 236 g/mol. The van der Waals surface area contributed by atoms with Crippen LogP contribution in [-0.2, 0) is 10.2 Å². The fourth-order valence-corrected chi connectivity index (χ4v) is 2.33. The van der Waals surface area contributed by atoms with Gasteiger partial charge in [0.15, 0.2) is 0 Å². The molecule has 0 saturated heterocycles. The van der Waals surface area contributed by atoms with Crippen molar-refractivity contribution in [2.24, 2.45) is 0 Å². The molecule has 0 aliphatic rings. The van der Waals surface area contributed by atoms with Crippen LogP contribution in [0.1, 0.15) is 13.3 Å².